The van der Waals surface area contributed by atoms with Gasteiger partial charge in [-0.2, -0.15) is 0 Å². The zero-order valence-corrected chi connectivity index (χ0v) is 9.56. The van der Waals surface area contributed by atoms with Crippen molar-refractivity contribution >= 4 is 11.9 Å². The van der Waals surface area contributed by atoms with E-state index in [1.807, 2.05) is 20.8 Å². The highest BCUT2D eigenvalue weighted by atomic mass is 16.4. The molecule has 0 aliphatic carbocycles. The number of rotatable bonds is 3. The first-order valence-corrected chi connectivity index (χ1v) is 5.48. The lowest BCUT2D eigenvalue weighted by molar-refractivity contribution is -0.150. The van der Waals surface area contributed by atoms with E-state index in [9.17, 15) is 9.59 Å². The Bertz CT molecular complexity index is 263. The highest BCUT2D eigenvalue weighted by molar-refractivity contribution is 5.85. The summed E-state index contributed by atoms with van der Waals surface area (Å²) in [4.78, 5) is 24.4. The molecule has 1 amide bonds. The van der Waals surface area contributed by atoms with Crippen LogP contribution in [0.3, 0.4) is 0 Å². The van der Waals surface area contributed by atoms with Crippen molar-refractivity contribution in [1.29, 1.82) is 0 Å². The fourth-order valence-corrected chi connectivity index (χ4v) is 1.83. The van der Waals surface area contributed by atoms with Crippen LogP contribution in [-0.2, 0) is 9.59 Å². The highest BCUT2D eigenvalue weighted by Gasteiger charge is 2.36. The monoisotopic (exact) mass is 213 g/mol. The summed E-state index contributed by atoms with van der Waals surface area (Å²) < 4.78 is 0. The minimum atomic E-state index is -0.878. The van der Waals surface area contributed by atoms with E-state index in [1.54, 1.807) is 0 Å². The molecule has 1 aliphatic heterocycles. The molecule has 0 aromatic heterocycles. The molecule has 86 valence electrons. The average Bonchev–Trinajstić information content (AvgIpc) is 2.63. The highest BCUT2D eigenvalue weighted by Crippen LogP contribution is 2.22. The predicted octanol–water partition coefficient (Wildman–Crippen LogP) is 1.35. The lowest BCUT2D eigenvalue weighted by Gasteiger charge is -2.26. The molecule has 4 nitrogen and oxygen atoms in total. The van der Waals surface area contributed by atoms with Crippen LogP contribution in [0.15, 0.2) is 0 Å². The zero-order chi connectivity index (χ0) is 11.6. The summed E-state index contributed by atoms with van der Waals surface area (Å²) in [5.74, 6) is -0.732. The standard InChI is InChI=1S/C11H19NO3/c1-7(2)8(3)10(13)12-6-4-5-9(12)11(14)15/h7-9H,4-6H2,1-3H3,(H,14,15). The van der Waals surface area contributed by atoms with Gasteiger partial charge in [-0.25, -0.2) is 4.79 Å². The van der Waals surface area contributed by atoms with Crippen molar-refractivity contribution in [2.24, 2.45) is 11.8 Å². The quantitative estimate of drug-likeness (QED) is 0.770. The summed E-state index contributed by atoms with van der Waals surface area (Å²) in [6, 6.07) is -0.598. The number of aliphatic carboxylic acids is 1. The van der Waals surface area contributed by atoms with E-state index >= 15 is 0 Å². The molecule has 1 fully saturated rings. The Labute approximate surface area is 90.3 Å². The van der Waals surface area contributed by atoms with Gasteiger partial charge in [-0.1, -0.05) is 20.8 Å². The topological polar surface area (TPSA) is 57.6 Å². The number of hydrogen-bond acceptors (Lipinski definition) is 2. The van der Waals surface area contributed by atoms with Crippen LogP contribution in [0.4, 0.5) is 0 Å². The van der Waals surface area contributed by atoms with Crippen LogP contribution in [0.1, 0.15) is 33.6 Å². The summed E-state index contributed by atoms with van der Waals surface area (Å²) in [5.41, 5.74) is 0. The fourth-order valence-electron chi connectivity index (χ4n) is 1.83. The lowest BCUT2D eigenvalue weighted by atomic mass is 9.96. The molecular formula is C11H19NO3. The molecule has 1 rings (SSSR count). The lowest BCUT2D eigenvalue weighted by Crippen LogP contribution is -2.43. The van der Waals surface area contributed by atoms with E-state index in [2.05, 4.69) is 0 Å². The first-order valence-electron chi connectivity index (χ1n) is 5.48. The van der Waals surface area contributed by atoms with Crippen LogP contribution >= 0.6 is 0 Å². The number of carbonyl (C=O) groups excluding carboxylic acids is 1. The van der Waals surface area contributed by atoms with Crippen molar-refractivity contribution < 1.29 is 14.7 Å². The van der Waals surface area contributed by atoms with E-state index < -0.39 is 12.0 Å². The third-order valence-electron chi connectivity index (χ3n) is 3.21. The Balaban J connectivity index is 2.70. The first kappa shape index (κ1) is 12.0. The van der Waals surface area contributed by atoms with Crippen LogP contribution in [-0.4, -0.2) is 34.5 Å². The molecule has 0 aromatic rings. The van der Waals surface area contributed by atoms with Crippen LogP contribution in [0.2, 0.25) is 0 Å². The molecule has 15 heavy (non-hydrogen) atoms. The van der Waals surface area contributed by atoms with E-state index in [-0.39, 0.29) is 17.7 Å². The number of hydrogen-bond donors (Lipinski definition) is 1. The van der Waals surface area contributed by atoms with E-state index in [1.165, 1.54) is 4.90 Å². The average molecular weight is 213 g/mol. The molecule has 2 unspecified atom stereocenters. The summed E-state index contributed by atoms with van der Waals surface area (Å²) in [7, 11) is 0. The molecule has 1 N–H and O–H groups in total. The largest absolute Gasteiger partial charge is 0.480 e. The molecule has 2 atom stereocenters. The van der Waals surface area contributed by atoms with Gasteiger partial charge in [-0.3, -0.25) is 4.79 Å². The maximum Gasteiger partial charge on any atom is 0.326 e. The van der Waals surface area contributed by atoms with Crippen molar-refractivity contribution in [2.45, 2.75) is 39.7 Å². The van der Waals surface area contributed by atoms with Crippen LogP contribution in [0.5, 0.6) is 0 Å². The van der Waals surface area contributed by atoms with Gasteiger partial charge in [-0.15, -0.1) is 0 Å². The first-order chi connectivity index (χ1) is 6.95. The third kappa shape index (κ3) is 2.49. The zero-order valence-electron chi connectivity index (χ0n) is 9.56. The smallest absolute Gasteiger partial charge is 0.326 e. The molecule has 0 saturated carbocycles. The summed E-state index contributed by atoms with van der Waals surface area (Å²) >= 11 is 0. The van der Waals surface area contributed by atoms with E-state index in [0.29, 0.717) is 13.0 Å². The number of carbonyl (C=O) groups is 2. The van der Waals surface area contributed by atoms with E-state index in [4.69, 9.17) is 5.11 Å². The van der Waals surface area contributed by atoms with Crippen molar-refractivity contribution in [2.75, 3.05) is 6.54 Å². The van der Waals surface area contributed by atoms with Gasteiger partial charge >= 0.3 is 5.97 Å². The predicted molar refractivity (Wildman–Crippen MR) is 56.4 cm³/mol. The Morgan fingerprint density at radius 3 is 2.40 bits per heavy atom. The second-order valence-electron chi connectivity index (χ2n) is 4.56. The van der Waals surface area contributed by atoms with Gasteiger partial charge in [0, 0.05) is 12.5 Å². The summed E-state index contributed by atoms with van der Waals surface area (Å²) in [6.07, 6.45) is 1.39. The van der Waals surface area contributed by atoms with Gasteiger partial charge < -0.3 is 10.0 Å². The molecule has 0 aromatic carbocycles. The minimum absolute atomic E-state index is 0.0186. The number of nitrogens with zero attached hydrogens (tertiary/aromatic N) is 1. The maximum atomic E-state index is 12.0. The Kier molecular flexibility index (Phi) is 3.72. The maximum absolute atomic E-state index is 12.0. The summed E-state index contributed by atoms with van der Waals surface area (Å²) in [5, 5.41) is 8.96. The van der Waals surface area contributed by atoms with Gasteiger partial charge in [0.2, 0.25) is 5.91 Å². The van der Waals surface area contributed by atoms with Gasteiger partial charge in [0.15, 0.2) is 0 Å². The van der Waals surface area contributed by atoms with Gasteiger partial charge in [0.1, 0.15) is 6.04 Å². The Morgan fingerprint density at radius 2 is 1.93 bits per heavy atom. The molecule has 0 bridgehead atoms. The molecule has 1 saturated heterocycles. The molecule has 0 radical (unpaired) electrons. The molecule has 1 heterocycles. The minimum Gasteiger partial charge on any atom is -0.480 e. The van der Waals surface area contributed by atoms with Crippen LogP contribution in [0.25, 0.3) is 0 Å². The van der Waals surface area contributed by atoms with E-state index in [0.717, 1.165) is 6.42 Å². The Morgan fingerprint density at radius 1 is 1.33 bits per heavy atom. The molecule has 4 heteroatoms. The Hall–Kier alpha value is -1.06. The number of carboxylic acids is 1. The van der Waals surface area contributed by atoms with Gasteiger partial charge in [0.25, 0.3) is 0 Å². The second kappa shape index (κ2) is 4.64. The summed E-state index contributed by atoms with van der Waals surface area (Å²) in [6.45, 7) is 6.42. The van der Waals surface area contributed by atoms with Crippen LogP contribution < -0.4 is 0 Å². The normalized spacial score (nSPS) is 23.2. The number of carboxylic acid groups (broad SMARTS) is 1. The molecule has 0 spiro atoms. The second-order valence-corrected chi connectivity index (χ2v) is 4.56. The van der Waals surface area contributed by atoms with Gasteiger partial charge in [0.05, 0.1) is 0 Å². The van der Waals surface area contributed by atoms with Crippen molar-refractivity contribution in [3.05, 3.63) is 0 Å². The number of amides is 1. The van der Waals surface area contributed by atoms with Crippen molar-refractivity contribution in [3.63, 3.8) is 0 Å². The number of likely N-dealkylation sites (tertiary alicyclic amines) is 1. The molecule has 1 aliphatic rings. The van der Waals surface area contributed by atoms with Crippen molar-refractivity contribution in [1.82, 2.24) is 4.90 Å². The van der Waals surface area contributed by atoms with Gasteiger partial charge in [-0.05, 0) is 18.8 Å². The fraction of sp³-hybridized carbons (Fsp3) is 0.818. The van der Waals surface area contributed by atoms with Crippen LogP contribution in [0, 0.1) is 11.8 Å². The SMILES string of the molecule is CC(C)C(C)C(=O)N1CCCC1C(=O)O. The third-order valence-corrected chi connectivity index (χ3v) is 3.21. The molecular weight excluding hydrogens is 194 g/mol. The van der Waals surface area contributed by atoms with Crippen molar-refractivity contribution in [3.8, 4) is 0 Å².